The lowest BCUT2D eigenvalue weighted by atomic mass is 9.98. The van der Waals surface area contributed by atoms with E-state index in [0.717, 1.165) is 50.8 Å². The second-order valence-corrected chi connectivity index (χ2v) is 11.4. The summed E-state index contributed by atoms with van der Waals surface area (Å²) in [5, 5.41) is 1.98. The molecule has 1 atom stereocenters. The maximum absolute atomic E-state index is 13.7. The van der Waals surface area contributed by atoms with Crippen LogP contribution in [0.4, 0.5) is 0 Å². The van der Waals surface area contributed by atoms with Gasteiger partial charge in [-0.3, -0.25) is 9.88 Å². The molecule has 1 unspecified atom stereocenters. The Kier molecular flexibility index (Phi) is 5.92. The summed E-state index contributed by atoms with van der Waals surface area (Å²) >= 11 is 0. The van der Waals surface area contributed by atoms with E-state index in [2.05, 4.69) is 51.4 Å². The minimum atomic E-state index is -3.57. The van der Waals surface area contributed by atoms with Crippen LogP contribution in [0.3, 0.4) is 0 Å². The van der Waals surface area contributed by atoms with Crippen LogP contribution in [0.5, 0.6) is 0 Å². The molecule has 1 fully saturated rings. The van der Waals surface area contributed by atoms with E-state index in [1.807, 2.05) is 12.1 Å². The summed E-state index contributed by atoms with van der Waals surface area (Å²) in [5.41, 5.74) is 4.59. The number of aromatic nitrogens is 2. The number of para-hydroxylation sites is 1. The molecule has 180 valence electrons. The predicted octanol–water partition coefficient (Wildman–Crippen LogP) is 5.05. The van der Waals surface area contributed by atoms with Gasteiger partial charge in [-0.15, -0.1) is 0 Å². The average Bonchev–Trinajstić information content (AvgIpc) is 3.55. The van der Waals surface area contributed by atoms with Crippen molar-refractivity contribution in [1.29, 1.82) is 0 Å². The summed E-state index contributed by atoms with van der Waals surface area (Å²) in [7, 11) is -3.57. The lowest BCUT2D eigenvalue weighted by Gasteiger charge is -2.30. The van der Waals surface area contributed by atoms with Gasteiger partial charge in [0.1, 0.15) is 0 Å². The predicted molar refractivity (Wildman–Crippen MR) is 141 cm³/mol. The van der Waals surface area contributed by atoms with Crippen LogP contribution in [-0.2, 0) is 10.0 Å². The summed E-state index contributed by atoms with van der Waals surface area (Å²) in [6, 6.07) is 17.5. The van der Waals surface area contributed by atoms with Crippen molar-refractivity contribution >= 4 is 37.4 Å². The van der Waals surface area contributed by atoms with Crippen molar-refractivity contribution in [1.82, 2.24) is 19.2 Å². The molecular formula is C28H30N4O2S. The minimum Gasteiger partial charge on any atom is -0.361 e. The molecule has 2 aromatic carbocycles. The van der Waals surface area contributed by atoms with Crippen LogP contribution in [-0.4, -0.2) is 59.8 Å². The molecule has 2 aliphatic heterocycles. The fourth-order valence-corrected chi connectivity index (χ4v) is 7.59. The third kappa shape index (κ3) is 4.18. The van der Waals surface area contributed by atoms with Crippen molar-refractivity contribution in [3.63, 3.8) is 0 Å². The van der Waals surface area contributed by atoms with E-state index in [4.69, 9.17) is 0 Å². The SMILES string of the molecule is O=S(=O)(c1cccc2ncccc12)N1CCCC1CCN1CC=C(c2c[nH]c3ccccc23)CC1. The Bertz CT molecular complexity index is 1500. The highest BCUT2D eigenvalue weighted by Gasteiger charge is 2.36. The molecule has 0 bridgehead atoms. The van der Waals surface area contributed by atoms with Gasteiger partial charge in [-0.2, -0.15) is 4.31 Å². The van der Waals surface area contributed by atoms with Crippen LogP contribution in [0.1, 0.15) is 31.2 Å². The fraction of sp³-hybridized carbons (Fsp3) is 0.321. The highest BCUT2D eigenvalue weighted by Crippen LogP contribution is 2.32. The van der Waals surface area contributed by atoms with Gasteiger partial charge in [-0.1, -0.05) is 30.3 Å². The Balaban J connectivity index is 1.14. The van der Waals surface area contributed by atoms with Crippen molar-refractivity contribution in [2.45, 2.75) is 36.6 Å². The number of nitrogens with one attached hydrogen (secondary N) is 1. The number of pyridine rings is 1. The molecular weight excluding hydrogens is 456 g/mol. The Morgan fingerprint density at radius 3 is 2.77 bits per heavy atom. The molecule has 0 saturated carbocycles. The first-order valence-corrected chi connectivity index (χ1v) is 13.9. The zero-order valence-electron chi connectivity index (χ0n) is 19.7. The zero-order chi connectivity index (χ0) is 23.8. The Morgan fingerprint density at radius 2 is 1.89 bits per heavy atom. The van der Waals surface area contributed by atoms with E-state index in [0.29, 0.717) is 16.8 Å². The molecule has 1 N–H and O–H groups in total. The van der Waals surface area contributed by atoms with E-state index >= 15 is 0 Å². The summed E-state index contributed by atoms with van der Waals surface area (Å²) in [6.45, 7) is 3.41. The van der Waals surface area contributed by atoms with Crippen LogP contribution in [0.2, 0.25) is 0 Å². The topological polar surface area (TPSA) is 69.3 Å². The van der Waals surface area contributed by atoms with Gasteiger partial charge in [0.25, 0.3) is 0 Å². The van der Waals surface area contributed by atoms with Crippen LogP contribution in [0.15, 0.2) is 78.0 Å². The van der Waals surface area contributed by atoms with Gasteiger partial charge in [0, 0.05) is 59.9 Å². The Hall–Kier alpha value is -3.00. The second-order valence-electron chi connectivity index (χ2n) is 9.55. The van der Waals surface area contributed by atoms with Gasteiger partial charge < -0.3 is 4.98 Å². The third-order valence-corrected chi connectivity index (χ3v) is 9.53. The summed E-state index contributed by atoms with van der Waals surface area (Å²) in [6.07, 6.45) is 9.87. The monoisotopic (exact) mass is 486 g/mol. The smallest absolute Gasteiger partial charge is 0.243 e. The molecule has 0 spiro atoms. The molecule has 6 rings (SSSR count). The maximum Gasteiger partial charge on any atom is 0.243 e. The first-order chi connectivity index (χ1) is 17.1. The van der Waals surface area contributed by atoms with Gasteiger partial charge >= 0.3 is 0 Å². The molecule has 1 saturated heterocycles. The number of hydrogen-bond donors (Lipinski definition) is 1. The largest absolute Gasteiger partial charge is 0.361 e. The highest BCUT2D eigenvalue weighted by atomic mass is 32.2. The second kappa shape index (κ2) is 9.22. The maximum atomic E-state index is 13.7. The highest BCUT2D eigenvalue weighted by molar-refractivity contribution is 7.89. The third-order valence-electron chi connectivity index (χ3n) is 7.52. The molecule has 7 heteroatoms. The molecule has 4 aromatic rings. The quantitative estimate of drug-likeness (QED) is 0.414. The summed E-state index contributed by atoms with van der Waals surface area (Å²) in [5.74, 6) is 0. The van der Waals surface area contributed by atoms with Gasteiger partial charge in [0.15, 0.2) is 0 Å². The number of nitrogens with zero attached hydrogens (tertiary/aromatic N) is 3. The molecule has 4 heterocycles. The van der Waals surface area contributed by atoms with Gasteiger partial charge in [0.2, 0.25) is 10.0 Å². The van der Waals surface area contributed by atoms with E-state index < -0.39 is 10.0 Å². The minimum absolute atomic E-state index is 0.0471. The van der Waals surface area contributed by atoms with E-state index in [9.17, 15) is 8.42 Å². The number of H-pyrrole nitrogens is 1. The Morgan fingerprint density at radius 1 is 1.00 bits per heavy atom. The van der Waals surface area contributed by atoms with Gasteiger partial charge in [-0.05, 0) is 68.1 Å². The summed E-state index contributed by atoms with van der Waals surface area (Å²) in [4.78, 5) is 10.5. The van der Waals surface area contributed by atoms with Crippen LogP contribution in [0.25, 0.3) is 27.4 Å². The van der Waals surface area contributed by atoms with E-state index in [1.54, 1.807) is 28.7 Å². The molecule has 2 aliphatic rings. The molecule has 2 aromatic heterocycles. The van der Waals surface area contributed by atoms with Crippen LogP contribution in [0, 0.1) is 0 Å². The fourth-order valence-electron chi connectivity index (χ4n) is 5.67. The number of sulfonamides is 1. The first-order valence-electron chi connectivity index (χ1n) is 12.4. The average molecular weight is 487 g/mol. The van der Waals surface area contributed by atoms with Crippen LogP contribution < -0.4 is 0 Å². The standard InChI is InChI=1S/C28H30N4O2S/c33-35(34,28-11-3-10-27-24(28)8-4-15-29-27)32-16-5-6-22(32)14-19-31-17-12-21(13-18-31)25-20-30-26-9-2-1-7-23(25)26/h1-4,7-12,15,20,22,30H,5-6,13-14,16-19H2. The first kappa shape index (κ1) is 22.5. The molecule has 0 aliphatic carbocycles. The summed E-state index contributed by atoms with van der Waals surface area (Å²) < 4.78 is 29.1. The molecule has 6 nitrogen and oxygen atoms in total. The van der Waals surface area contributed by atoms with Crippen molar-refractivity contribution < 1.29 is 8.42 Å². The molecule has 35 heavy (non-hydrogen) atoms. The van der Waals surface area contributed by atoms with Crippen molar-refractivity contribution in [2.75, 3.05) is 26.2 Å². The van der Waals surface area contributed by atoms with E-state index in [-0.39, 0.29) is 6.04 Å². The number of rotatable bonds is 6. The number of fused-ring (bicyclic) bond motifs is 2. The lowest BCUT2D eigenvalue weighted by Crippen LogP contribution is -2.39. The zero-order valence-corrected chi connectivity index (χ0v) is 20.5. The normalized spacial score (nSPS) is 20.0. The van der Waals surface area contributed by atoms with Crippen molar-refractivity contribution in [3.8, 4) is 0 Å². The van der Waals surface area contributed by atoms with Gasteiger partial charge in [-0.25, -0.2) is 8.42 Å². The van der Waals surface area contributed by atoms with Crippen LogP contribution >= 0.6 is 0 Å². The molecule has 0 radical (unpaired) electrons. The van der Waals surface area contributed by atoms with Crippen molar-refractivity contribution in [3.05, 3.63) is 78.6 Å². The Labute approximate surface area is 206 Å². The lowest BCUT2D eigenvalue weighted by molar-refractivity contribution is 0.263. The number of hydrogen-bond acceptors (Lipinski definition) is 4. The number of benzene rings is 2. The molecule has 0 amide bonds. The van der Waals surface area contributed by atoms with E-state index in [1.165, 1.54) is 22.0 Å². The number of aromatic amines is 1. The van der Waals surface area contributed by atoms with Gasteiger partial charge in [0.05, 0.1) is 10.4 Å². The van der Waals surface area contributed by atoms with Crippen molar-refractivity contribution in [2.24, 2.45) is 0 Å².